The van der Waals surface area contributed by atoms with Crippen LogP contribution in [-0.4, -0.2) is 24.5 Å². The van der Waals surface area contributed by atoms with E-state index in [1.807, 2.05) is 49.2 Å². The lowest BCUT2D eigenvalue weighted by atomic mass is 9.78. The minimum atomic E-state index is -0.0526. The van der Waals surface area contributed by atoms with Crippen molar-refractivity contribution < 1.29 is 0 Å². The van der Waals surface area contributed by atoms with E-state index in [1.54, 1.807) is 0 Å². The zero-order valence-electron chi connectivity index (χ0n) is 27.6. The standard InChI is InChI=1S/C44H33N5/c1-44(2,3)42-35-14-6-4-12-33(35)41(34-13-5-7-15-36(34)42)39-25-29(24-38(48-39)28-18-21-45-22-19-28)30-23-31(27-46-26-30)49-40-17-9-8-11-32(40)37-16-10-20-47-43(37)49/h4-27H,1-3H3. The molecule has 5 heterocycles. The van der Waals surface area contributed by atoms with E-state index in [9.17, 15) is 0 Å². The van der Waals surface area contributed by atoms with Crippen molar-refractivity contribution in [2.24, 2.45) is 0 Å². The summed E-state index contributed by atoms with van der Waals surface area (Å²) in [6, 6.07) is 40.8. The van der Waals surface area contributed by atoms with Gasteiger partial charge in [0, 0.05) is 52.3 Å². The molecular weight excluding hydrogens is 599 g/mol. The summed E-state index contributed by atoms with van der Waals surface area (Å²) in [7, 11) is 0. The van der Waals surface area contributed by atoms with Gasteiger partial charge in [0.15, 0.2) is 0 Å². The Labute approximate surface area is 284 Å². The molecule has 0 saturated carbocycles. The van der Waals surface area contributed by atoms with Crippen molar-refractivity contribution >= 4 is 43.5 Å². The van der Waals surface area contributed by atoms with Crippen LogP contribution in [0.4, 0.5) is 0 Å². The summed E-state index contributed by atoms with van der Waals surface area (Å²) in [6.07, 6.45) is 9.36. The molecule has 5 aromatic heterocycles. The lowest BCUT2D eigenvalue weighted by Gasteiger charge is -2.26. The molecule has 9 rings (SSSR count). The molecule has 0 bridgehead atoms. The van der Waals surface area contributed by atoms with Crippen LogP contribution in [0.5, 0.6) is 0 Å². The first-order chi connectivity index (χ1) is 24.0. The van der Waals surface area contributed by atoms with Gasteiger partial charge in [0.05, 0.1) is 28.8 Å². The maximum atomic E-state index is 5.38. The van der Waals surface area contributed by atoms with Crippen molar-refractivity contribution in [3.05, 3.63) is 152 Å². The Morgan fingerprint density at radius 2 is 1.14 bits per heavy atom. The van der Waals surface area contributed by atoms with Crippen LogP contribution in [0.3, 0.4) is 0 Å². The van der Waals surface area contributed by atoms with Crippen LogP contribution in [0.2, 0.25) is 0 Å². The SMILES string of the molecule is CC(C)(C)c1c2ccccc2c(-c2cc(-c3cncc(-n4c5ccccc5c5cccnc54)c3)cc(-c3ccncc3)n2)c2ccccc12. The molecule has 5 nitrogen and oxygen atoms in total. The number of pyridine rings is 4. The number of fused-ring (bicyclic) bond motifs is 5. The summed E-state index contributed by atoms with van der Waals surface area (Å²) < 4.78 is 2.21. The smallest absolute Gasteiger partial charge is 0.145 e. The fraction of sp³-hybridized carbons (Fsp3) is 0.0909. The molecule has 0 N–H and O–H groups in total. The van der Waals surface area contributed by atoms with Gasteiger partial charge in [-0.3, -0.25) is 14.5 Å². The highest BCUT2D eigenvalue weighted by Crippen LogP contribution is 2.44. The van der Waals surface area contributed by atoms with E-state index in [0.717, 1.165) is 55.9 Å². The maximum absolute atomic E-state index is 5.38. The fourth-order valence-electron chi connectivity index (χ4n) is 7.47. The normalized spacial score (nSPS) is 12.0. The molecule has 0 radical (unpaired) electrons. The van der Waals surface area contributed by atoms with Crippen LogP contribution in [0, 0.1) is 0 Å². The second-order valence-corrected chi connectivity index (χ2v) is 13.6. The minimum Gasteiger partial charge on any atom is -0.292 e. The third-order valence-electron chi connectivity index (χ3n) is 9.49. The lowest BCUT2D eigenvalue weighted by Crippen LogP contribution is -2.13. The summed E-state index contributed by atoms with van der Waals surface area (Å²) in [5.74, 6) is 0. The number of para-hydroxylation sites is 1. The van der Waals surface area contributed by atoms with Crippen LogP contribution in [0.15, 0.2) is 146 Å². The Balaban J connectivity index is 1.33. The molecule has 0 aliphatic rings. The molecule has 9 aromatic rings. The average molecular weight is 632 g/mol. The van der Waals surface area contributed by atoms with Gasteiger partial charge in [0.25, 0.3) is 0 Å². The molecule has 0 amide bonds. The molecule has 0 unspecified atom stereocenters. The number of hydrogen-bond acceptors (Lipinski definition) is 4. The number of rotatable bonds is 4. The molecule has 0 spiro atoms. The third-order valence-corrected chi connectivity index (χ3v) is 9.49. The van der Waals surface area contributed by atoms with Crippen LogP contribution >= 0.6 is 0 Å². The molecule has 5 heteroatoms. The van der Waals surface area contributed by atoms with Crippen molar-refractivity contribution in [1.82, 2.24) is 24.5 Å². The lowest BCUT2D eigenvalue weighted by molar-refractivity contribution is 0.601. The Hall–Kier alpha value is -6.20. The van der Waals surface area contributed by atoms with Crippen LogP contribution in [0.1, 0.15) is 26.3 Å². The van der Waals surface area contributed by atoms with Gasteiger partial charge in [0.1, 0.15) is 5.65 Å². The highest BCUT2D eigenvalue weighted by atomic mass is 15.1. The van der Waals surface area contributed by atoms with Gasteiger partial charge in [0.2, 0.25) is 0 Å². The zero-order valence-corrected chi connectivity index (χ0v) is 27.6. The van der Waals surface area contributed by atoms with E-state index in [1.165, 1.54) is 32.5 Å². The molecule has 0 atom stereocenters. The predicted molar refractivity (Wildman–Crippen MR) is 202 cm³/mol. The van der Waals surface area contributed by atoms with E-state index in [-0.39, 0.29) is 5.41 Å². The Morgan fingerprint density at radius 1 is 0.510 bits per heavy atom. The zero-order chi connectivity index (χ0) is 33.1. The Bertz CT molecular complexity index is 2590. The van der Waals surface area contributed by atoms with Crippen LogP contribution < -0.4 is 0 Å². The van der Waals surface area contributed by atoms with Gasteiger partial charge in [-0.15, -0.1) is 0 Å². The van der Waals surface area contributed by atoms with E-state index in [2.05, 4.69) is 127 Å². The Morgan fingerprint density at radius 3 is 1.86 bits per heavy atom. The van der Waals surface area contributed by atoms with Gasteiger partial charge < -0.3 is 0 Å². The van der Waals surface area contributed by atoms with Crippen molar-refractivity contribution in [1.29, 1.82) is 0 Å². The second-order valence-electron chi connectivity index (χ2n) is 13.6. The monoisotopic (exact) mass is 631 g/mol. The van der Waals surface area contributed by atoms with Crippen molar-refractivity contribution in [3.63, 3.8) is 0 Å². The average Bonchev–Trinajstić information content (AvgIpc) is 3.48. The fourth-order valence-corrected chi connectivity index (χ4v) is 7.47. The highest BCUT2D eigenvalue weighted by Gasteiger charge is 2.24. The number of aromatic nitrogens is 5. The summed E-state index contributed by atoms with van der Waals surface area (Å²) in [5.41, 5.74) is 10.2. The minimum absolute atomic E-state index is 0.0526. The molecule has 0 saturated heterocycles. The largest absolute Gasteiger partial charge is 0.292 e. The second kappa shape index (κ2) is 11.2. The molecule has 0 aliphatic carbocycles. The van der Waals surface area contributed by atoms with Gasteiger partial charge in [-0.25, -0.2) is 9.97 Å². The van der Waals surface area contributed by atoms with Crippen molar-refractivity contribution in [2.75, 3.05) is 0 Å². The molecule has 0 fully saturated rings. The van der Waals surface area contributed by atoms with Gasteiger partial charge in [-0.1, -0.05) is 87.5 Å². The van der Waals surface area contributed by atoms with Gasteiger partial charge in [-0.05, 0) is 86.6 Å². The number of benzene rings is 4. The quantitative estimate of drug-likeness (QED) is 0.181. The van der Waals surface area contributed by atoms with E-state index < -0.39 is 0 Å². The molecule has 234 valence electrons. The maximum Gasteiger partial charge on any atom is 0.145 e. The first-order valence-corrected chi connectivity index (χ1v) is 16.6. The van der Waals surface area contributed by atoms with Crippen molar-refractivity contribution in [3.8, 4) is 39.3 Å². The predicted octanol–water partition coefficient (Wildman–Crippen LogP) is 11.0. The molecular formula is C44H33N5. The van der Waals surface area contributed by atoms with Crippen LogP contribution in [0.25, 0.3) is 82.8 Å². The molecule has 4 aromatic carbocycles. The topological polar surface area (TPSA) is 56.5 Å². The number of nitrogens with zero attached hydrogens (tertiary/aromatic N) is 5. The molecule has 0 aliphatic heterocycles. The molecule has 49 heavy (non-hydrogen) atoms. The first kappa shape index (κ1) is 29.0. The summed E-state index contributed by atoms with van der Waals surface area (Å²) in [4.78, 5) is 19.3. The van der Waals surface area contributed by atoms with E-state index in [0.29, 0.717) is 0 Å². The summed E-state index contributed by atoms with van der Waals surface area (Å²) >= 11 is 0. The summed E-state index contributed by atoms with van der Waals surface area (Å²) in [6.45, 7) is 6.90. The third kappa shape index (κ3) is 4.77. The van der Waals surface area contributed by atoms with E-state index in [4.69, 9.17) is 15.0 Å². The van der Waals surface area contributed by atoms with Crippen molar-refractivity contribution in [2.45, 2.75) is 26.2 Å². The van der Waals surface area contributed by atoms with Gasteiger partial charge >= 0.3 is 0 Å². The van der Waals surface area contributed by atoms with Gasteiger partial charge in [-0.2, -0.15) is 0 Å². The summed E-state index contributed by atoms with van der Waals surface area (Å²) in [5, 5.41) is 7.18. The highest BCUT2D eigenvalue weighted by molar-refractivity contribution is 6.15. The number of hydrogen-bond donors (Lipinski definition) is 0. The van der Waals surface area contributed by atoms with Crippen LogP contribution in [-0.2, 0) is 5.41 Å². The first-order valence-electron chi connectivity index (χ1n) is 16.6. The Kier molecular flexibility index (Phi) is 6.63. The van der Waals surface area contributed by atoms with E-state index >= 15 is 0 Å².